The summed E-state index contributed by atoms with van der Waals surface area (Å²) in [5, 5.41) is 0. The van der Waals surface area contributed by atoms with Gasteiger partial charge in [0.05, 0.1) is 0 Å². The molecule has 0 spiro atoms. The molecule has 0 fully saturated rings. The van der Waals surface area contributed by atoms with Gasteiger partial charge in [-0.1, -0.05) is 37.0 Å². The van der Waals surface area contributed by atoms with E-state index in [0.717, 1.165) is 18.3 Å². The Bertz CT molecular complexity index is 564. The van der Waals surface area contributed by atoms with Crippen LogP contribution in [0.1, 0.15) is 28.5 Å². The standard InChI is InChI=1S/C16H18BNO2/c1-2-12-5-8-15(18-10-12)16(19)11-20-14-6-3-13(9-17)4-7-14/h3-8,10H,2,9,11,17H2,1H3. The molecule has 0 saturated heterocycles. The van der Waals surface area contributed by atoms with E-state index in [2.05, 4.69) is 19.8 Å². The van der Waals surface area contributed by atoms with Crippen molar-refractivity contribution in [3.8, 4) is 5.75 Å². The van der Waals surface area contributed by atoms with E-state index in [4.69, 9.17) is 4.74 Å². The van der Waals surface area contributed by atoms with Crippen LogP contribution in [-0.4, -0.2) is 25.2 Å². The van der Waals surface area contributed by atoms with Crippen molar-refractivity contribution in [2.75, 3.05) is 6.61 Å². The molecule has 0 aliphatic heterocycles. The van der Waals surface area contributed by atoms with E-state index in [1.165, 1.54) is 5.56 Å². The fraction of sp³-hybridized carbons (Fsp3) is 0.250. The van der Waals surface area contributed by atoms with E-state index in [1.807, 2.05) is 30.3 Å². The number of ketones is 1. The van der Waals surface area contributed by atoms with Crippen molar-refractivity contribution in [2.24, 2.45) is 0 Å². The van der Waals surface area contributed by atoms with Gasteiger partial charge < -0.3 is 4.74 Å². The molecule has 1 aromatic carbocycles. The Morgan fingerprint density at radius 1 is 1.15 bits per heavy atom. The summed E-state index contributed by atoms with van der Waals surface area (Å²) in [6.45, 7) is 2.07. The SMILES string of the molecule is BCc1ccc(OCC(=O)c2ccc(CC)cn2)cc1. The number of pyridine rings is 1. The van der Waals surface area contributed by atoms with Crippen molar-refractivity contribution in [2.45, 2.75) is 19.7 Å². The Labute approximate surface area is 120 Å². The van der Waals surface area contributed by atoms with Gasteiger partial charge in [0.15, 0.2) is 6.61 Å². The van der Waals surface area contributed by atoms with Crippen molar-refractivity contribution < 1.29 is 9.53 Å². The molecule has 102 valence electrons. The maximum Gasteiger partial charge on any atom is 0.218 e. The Morgan fingerprint density at radius 2 is 1.85 bits per heavy atom. The summed E-state index contributed by atoms with van der Waals surface area (Å²) >= 11 is 0. The van der Waals surface area contributed by atoms with Gasteiger partial charge in [-0.05, 0) is 30.2 Å². The van der Waals surface area contributed by atoms with E-state index in [9.17, 15) is 4.79 Å². The zero-order valence-corrected chi connectivity index (χ0v) is 11.9. The van der Waals surface area contributed by atoms with Crippen LogP contribution in [0.25, 0.3) is 0 Å². The molecule has 0 N–H and O–H groups in total. The molecule has 0 radical (unpaired) electrons. The van der Waals surface area contributed by atoms with Crippen LogP contribution in [0.3, 0.4) is 0 Å². The Hall–Kier alpha value is -2.10. The van der Waals surface area contributed by atoms with E-state index in [1.54, 1.807) is 12.3 Å². The summed E-state index contributed by atoms with van der Waals surface area (Å²) < 4.78 is 5.49. The minimum Gasteiger partial charge on any atom is -0.485 e. The predicted octanol–water partition coefficient (Wildman–Crippen LogP) is 2.04. The first-order chi connectivity index (χ1) is 9.72. The molecular formula is C16H18BNO2. The third-order valence-electron chi connectivity index (χ3n) is 3.22. The summed E-state index contributed by atoms with van der Waals surface area (Å²) in [4.78, 5) is 16.1. The molecule has 4 heteroatoms. The van der Waals surface area contributed by atoms with Gasteiger partial charge in [0.1, 0.15) is 19.3 Å². The average Bonchev–Trinajstić information content (AvgIpc) is 2.53. The van der Waals surface area contributed by atoms with E-state index in [-0.39, 0.29) is 12.4 Å². The van der Waals surface area contributed by atoms with Crippen LogP contribution in [-0.2, 0) is 12.7 Å². The average molecular weight is 267 g/mol. The van der Waals surface area contributed by atoms with Crippen LogP contribution in [0.5, 0.6) is 5.75 Å². The third-order valence-corrected chi connectivity index (χ3v) is 3.22. The second kappa shape index (κ2) is 6.89. The molecule has 0 atom stereocenters. The molecule has 20 heavy (non-hydrogen) atoms. The van der Waals surface area contributed by atoms with Crippen LogP contribution in [0.2, 0.25) is 0 Å². The Kier molecular flexibility index (Phi) is 4.94. The summed E-state index contributed by atoms with van der Waals surface area (Å²) in [5.74, 6) is 0.605. The molecule has 0 aliphatic rings. The number of nitrogens with zero attached hydrogens (tertiary/aromatic N) is 1. The lowest BCUT2D eigenvalue weighted by Crippen LogP contribution is -2.13. The van der Waals surface area contributed by atoms with Crippen LogP contribution in [0.4, 0.5) is 0 Å². The van der Waals surface area contributed by atoms with Crippen molar-refractivity contribution >= 4 is 13.6 Å². The normalized spacial score (nSPS) is 10.2. The zero-order valence-electron chi connectivity index (χ0n) is 11.9. The second-order valence-electron chi connectivity index (χ2n) is 4.61. The highest BCUT2D eigenvalue weighted by Gasteiger charge is 2.08. The van der Waals surface area contributed by atoms with Crippen LogP contribution >= 0.6 is 0 Å². The molecule has 3 nitrogen and oxygen atoms in total. The number of Topliss-reactive ketones (excluding diaryl/α,β-unsaturated/α-hetero) is 1. The molecular weight excluding hydrogens is 249 g/mol. The number of benzene rings is 1. The number of carbonyl (C=O) groups excluding carboxylic acids is 1. The first kappa shape index (κ1) is 14.3. The number of rotatable bonds is 6. The molecule has 0 amide bonds. The highest BCUT2D eigenvalue weighted by Crippen LogP contribution is 2.12. The molecule has 0 unspecified atom stereocenters. The van der Waals surface area contributed by atoms with Gasteiger partial charge in [-0.15, -0.1) is 0 Å². The summed E-state index contributed by atoms with van der Waals surface area (Å²) in [5.41, 5.74) is 2.82. The summed E-state index contributed by atoms with van der Waals surface area (Å²) in [6, 6.07) is 11.5. The monoisotopic (exact) mass is 267 g/mol. The highest BCUT2D eigenvalue weighted by atomic mass is 16.5. The Morgan fingerprint density at radius 3 is 2.40 bits per heavy atom. The molecule has 2 aromatic rings. The topological polar surface area (TPSA) is 39.2 Å². The fourth-order valence-electron chi connectivity index (χ4n) is 1.84. The minimum absolute atomic E-state index is 0.0178. The van der Waals surface area contributed by atoms with E-state index in [0.29, 0.717) is 11.4 Å². The number of aryl methyl sites for hydroxylation is 1. The summed E-state index contributed by atoms with van der Waals surface area (Å²) in [7, 11) is 2.10. The molecule has 2 rings (SSSR count). The van der Waals surface area contributed by atoms with Crippen LogP contribution in [0.15, 0.2) is 42.6 Å². The van der Waals surface area contributed by atoms with E-state index < -0.39 is 0 Å². The maximum atomic E-state index is 12.0. The number of hydrogen-bond acceptors (Lipinski definition) is 3. The lowest BCUT2D eigenvalue weighted by molar-refractivity contribution is 0.0916. The van der Waals surface area contributed by atoms with Crippen molar-refractivity contribution in [3.63, 3.8) is 0 Å². The van der Waals surface area contributed by atoms with Gasteiger partial charge in [0.2, 0.25) is 5.78 Å². The largest absolute Gasteiger partial charge is 0.485 e. The predicted molar refractivity (Wildman–Crippen MR) is 82.1 cm³/mol. The Balaban J connectivity index is 1.93. The van der Waals surface area contributed by atoms with Gasteiger partial charge in [-0.25, -0.2) is 0 Å². The number of aromatic nitrogens is 1. The number of ether oxygens (including phenoxy) is 1. The molecule has 0 saturated carbocycles. The van der Waals surface area contributed by atoms with Crippen LogP contribution in [0, 0.1) is 0 Å². The van der Waals surface area contributed by atoms with Gasteiger partial charge in [0, 0.05) is 6.20 Å². The second-order valence-corrected chi connectivity index (χ2v) is 4.61. The van der Waals surface area contributed by atoms with Gasteiger partial charge >= 0.3 is 0 Å². The third kappa shape index (κ3) is 3.70. The number of carbonyl (C=O) groups is 1. The fourth-order valence-corrected chi connectivity index (χ4v) is 1.84. The van der Waals surface area contributed by atoms with Gasteiger partial charge in [-0.3, -0.25) is 9.78 Å². The zero-order chi connectivity index (χ0) is 14.4. The first-order valence-electron chi connectivity index (χ1n) is 6.92. The van der Waals surface area contributed by atoms with Gasteiger partial charge in [-0.2, -0.15) is 0 Å². The van der Waals surface area contributed by atoms with Gasteiger partial charge in [0.25, 0.3) is 0 Å². The van der Waals surface area contributed by atoms with Crippen molar-refractivity contribution in [1.29, 1.82) is 0 Å². The minimum atomic E-state index is -0.104. The smallest absolute Gasteiger partial charge is 0.218 e. The lowest BCUT2D eigenvalue weighted by Gasteiger charge is -2.06. The molecule has 0 bridgehead atoms. The van der Waals surface area contributed by atoms with Crippen molar-refractivity contribution in [3.05, 3.63) is 59.4 Å². The van der Waals surface area contributed by atoms with Crippen molar-refractivity contribution in [1.82, 2.24) is 4.98 Å². The van der Waals surface area contributed by atoms with E-state index >= 15 is 0 Å². The number of hydrogen-bond donors (Lipinski definition) is 0. The van der Waals surface area contributed by atoms with Crippen LogP contribution < -0.4 is 4.74 Å². The maximum absolute atomic E-state index is 12.0. The first-order valence-corrected chi connectivity index (χ1v) is 6.92. The molecule has 1 aromatic heterocycles. The highest BCUT2D eigenvalue weighted by molar-refractivity contribution is 6.08. The molecule has 0 aliphatic carbocycles. The lowest BCUT2D eigenvalue weighted by atomic mass is 9.97. The summed E-state index contributed by atoms with van der Waals surface area (Å²) in [6.07, 6.45) is 3.65. The molecule has 1 heterocycles. The quantitative estimate of drug-likeness (QED) is 0.594.